The van der Waals surface area contributed by atoms with E-state index in [-0.39, 0.29) is 11.1 Å². The molecule has 1 aromatic carbocycles. The van der Waals surface area contributed by atoms with E-state index in [1.54, 1.807) is 12.1 Å². The Labute approximate surface area is 108 Å². The SMILES string of the molecule is O=C(O)c1ccn(Cc2ccc(Cl)cc2)c(=O)c1. The Morgan fingerprint density at radius 2 is 1.89 bits per heavy atom. The molecule has 0 spiro atoms. The second-order valence-electron chi connectivity index (χ2n) is 3.81. The number of hydrogen-bond donors (Lipinski definition) is 1. The van der Waals surface area contributed by atoms with Crippen molar-refractivity contribution in [3.8, 4) is 0 Å². The molecular formula is C13H10ClNO3. The lowest BCUT2D eigenvalue weighted by Gasteiger charge is -2.06. The van der Waals surface area contributed by atoms with Gasteiger partial charge in [-0.15, -0.1) is 0 Å². The van der Waals surface area contributed by atoms with E-state index in [1.165, 1.54) is 16.8 Å². The third kappa shape index (κ3) is 2.78. The summed E-state index contributed by atoms with van der Waals surface area (Å²) in [5, 5.41) is 9.39. The van der Waals surface area contributed by atoms with Crippen LogP contribution >= 0.6 is 11.6 Å². The Morgan fingerprint density at radius 1 is 1.22 bits per heavy atom. The quantitative estimate of drug-likeness (QED) is 0.924. The summed E-state index contributed by atoms with van der Waals surface area (Å²) in [6, 6.07) is 9.64. The zero-order valence-electron chi connectivity index (χ0n) is 9.34. The summed E-state index contributed by atoms with van der Waals surface area (Å²) in [6.45, 7) is 0.385. The molecule has 0 fully saturated rings. The first-order valence-electron chi connectivity index (χ1n) is 5.24. The third-order valence-corrected chi connectivity index (χ3v) is 2.76. The number of hydrogen-bond acceptors (Lipinski definition) is 2. The van der Waals surface area contributed by atoms with Crippen molar-refractivity contribution < 1.29 is 9.90 Å². The topological polar surface area (TPSA) is 59.3 Å². The Balaban J connectivity index is 2.27. The zero-order valence-corrected chi connectivity index (χ0v) is 10.1. The number of carbonyl (C=O) groups is 1. The number of pyridine rings is 1. The van der Waals surface area contributed by atoms with Gasteiger partial charge in [-0.3, -0.25) is 4.79 Å². The van der Waals surface area contributed by atoms with Crippen LogP contribution in [0, 0.1) is 0 Å². The smallest absolute Gasteiger partial charge is 0.335 e. The molecule has 0 saturated carbocycles. The molecule has 2 aromatic rings. The van der Waals surface area contributed by atoms with E-state index < -0.39 is 5.97 Å². The Morgan fingerprint density at radius 3 is 2.44 bits per heavy atom. The summed E-state index contributed by atoms with van der Waals surface area (Å²) in [6.07, 6.45) is 1.47. The molecule has 1 aromatic heterocycles. The van der Waals surface area contributed by atoms with Crippen molar-refractivity contribution in [1.82, 2.24) is 4.57 Å². The third-order valence-electron chi connectivity index (χ3n) is 2.51. The number of aromatic carboxylic acids is 1. The van der Waals surface area contributed by atoms with Crippen LogP contribution in [0.3, 0.4) is 0 Å². The predicted molar refractivity (Wildman–Crippen MR) is 68.2 cm³/mol. The highest BCUT2D eigenvalue weighted by atomic mass is 35.5. The van der Waals surface area contributed by atoms with Crippen molar-refractivity contribution in [3.63, 3.8) is 0 Å². The number of rotatable bonds is 3. The van der Waals surface area contributed by atoms with Crippen LogP contribution in [0.4, 0.5) is 0 Å². The van der Waals surface area contributed by atoms with E-state index in [0.29, 0.717) is 11.6 Å². The van der Waals surface area contributed by atoms with Crippen LogP contribution < -0.4 is 5.56 Å². The number of nitrogens with zero attached hydrogens (tertiary/aromatic N) is 1. The van der Waals surface area contributed by atoms with Gasteiger partial charge in [0.2, 0.25) is 0 Å². The van der Waals surface area contributed by atoms with Crippen LogP contribution in [0.5, 0.6) is 0 Å². The molecule has 0 aliphatic carbocycles. The number of carboxylic acids is 1. The summed E-state index contributed by atoms with van der Waals surface area (Å²) < 4.78 is 1.44. The molecule has 0 bridgehead atoms. The molecule has 0 radical (unpaired) electrons. The monoisotopic (exact) mass is 263 g/mol. The predicted octanol–water partition coefficient (Wildman–Crippen LogP) is 2.25. The average molecular weight is 264 g/mol. The van der Waals surface area contributed by atoms with Gasteiger partial charge in [0.05, 0.1) is 12.1 Å². The molecule has 0 amide bonds. The minimum atomic E-state index is -1.11. The molecule has 0 aliphatic heterocycles. The molecule has 0 saturated heterocycles. The van der Waals surface area contributed by atoms with E-state index in [9.17, 15) is 9.59 Å². The highest BCUT2D eigenvalue weighted by molar-refractivity contribution is 6.30. The highest BCUT2D eigenvalue weighted by Gasteiger charge is 2.05. The fourth-order valence-corrected chi connectivity index (χ4v) is 1.68. The van der Waals surface area contributed by atoms with Gasteiger partial charge in [-0.1, -0.05) is 23.7 Å². The van der Waals surface area contributed by atoms with Gasteiger partial charge in [-0.2, -0.15) is 0 Å². The normalized spacial score (nSPS) is 10.3. The van der Waals surface area contributed by atoms with Gasteiger partial charge in [-0.05, 0) is 23.8 Å². The fraction of sp³-hybridized carbons (Fsp3) is 0.0769. The molecular weight excluding hydrogens is 254 g/mol. The first kappa shape index (κ1) is 12.4. The van der Waals surface area contributed by atoms with Gasteiger partial charge in [0.1, 0.15) is 0 Å². The number of carboxylic acid groups (broad SMARTS) is 1. The van der Waals surface area contributed by atoms with Crippen molar-refractivity contribution >= 4 is 17.6 Å². The van der Waals surface area contributed by atoms with E-state index in [0.717, 1.165) is 11.6 Å². The van der Waals surface area contributed by atoms with Crippen molar-refractivity contribution in [2.24, 2.45) is 0 Å². The van der Waals surface area contributed by atoms with Gasteiger partial charge in [0.25, 0.3) is 5.56 Å². The summed E-state index contributed by atoms with van der Waals surface area (Å²) in [7, 11) is 0. The molecule has 0 atom stereocenters. The lowest BCUT2D eigenvalue weighted by atomic mass is 10.2. The molecule has 1 N–H and O–H groups in total. The lowest BCUT2D eigenvalue weighted by molar-refractivity contribution is 0.0696. The van der Waals surface area contributed by atoms with Crippen LogP contribution in [0.2, 0.25) is 5.02 Å². The number of aromatic nitrogens is 1. The maximum atomic E-state index is 11.7. The lowest BCUT2D eigenvalue weighted by Crippen LogP contribution is -2.20. The zero-order chi connectivity index (χ0) is 13.1. The first-order chi connectivity index (χ1) is 8.56. The standard InChI is InChI=1S/C13H10ClNO3/c14-11-3-1-9(2-4-11)8-15-6-5-10(13(17)18)7-12(15)16/h1-7H,8H2,(H,17,18). The van der Waals surface area contributed by atoms with Crippen LogP contribution in [0.15, 0.2) is 47.4 Å². The molecule has 2 rings (SSSR count). The Kier molecular flexibility index (Phi) is 3.48. The summed E-state index contributed by atoms with van der Waals surface area (Å²) in [5.41, 5.74) is 0.571. The molecule has 0 aliphatic rings. The van der Waals surface area contributed by atoms with Gasteiger partial charge < -0.3 is 9.67 Å². The molecule has 1 heterocycles. The van der Waals surface area contributed by atoms with Crippen molar-refractivity contribution in [3.05, 3.63) is 69.1 Å². The van der Waals surface area contributed by atoms with E-state index >= 15 is 0 Å². The van der Waals surface area contributed by atoms with Gasteiger partial charge in [-0.25, -0.2) is 4.79 Å². The number of benzene rings is 1. The van der Waals surface area contributed by atoms with E-state index in [1.807, 2.05) is 12.1 Å². The van der Waals surface area contributed by atoms with E-state index in [4.69, 9.17) is 16.7 Å². The van der Waals surface area contributed by atoms with Gasteiger partial charge in [0, 0.05) is 17.3 Å². The molecule has 4 nitrogen and oxygen atoms in total. The van der Waals surface area contributed by atoms with Crippen LogP contribution in [0.1, 0.15) is 15.9 Å². The number of halogens is 1. The molecule has 0 unspecified atom stereocenters. The van der Waals surface area contributed by atoms with E-state index in [2.05, 4.69) is 0 Å². The minimum Gasteiger partial charge on any atom is -0.478 e. The largest absolute Gasteiger partial charge is 0.478 e. The Hall–Kier alpha value is -2.07. The Bertz CT molecular complexity index is 631. The maximum absolute atomic E-state index is 11.7. The van der Waals surface area contributed by atoms with Crippen LogP contribution in [-0.4, -0.2) is 15.6 Å². The van der Waals surface area contributed by atoms with Crippen LogP contribution in [0.25, 0.3) is 0 Å². The van der Waals surface area contributed by atoms with Gasteiger partial charge >= 0.3 is 5.97 Å². The summed E-state index contributed by atoms with van der Waals surface area (Å²) >= 11 is 5.77. The summed E-state index contributed by atoms with van der Waals surface area (Å²) in [5.74, 6) is -1.11. The second-order valence-corrected chi connectivity index (χ2v) is 4.25. The highest BCUT2D eigenvalue weighted by Crippen LogP contribution is 2.10. The van der Waals surface area contributed by atoms with Crippen molar-refractivity contribution in [1.29, 1.82) is 0 Å². The average Bonchev–Trinajstić information content (AvgIpc) is 2.34. The molecule has 5 heteroatoms. The molecule has 92 valence electrons. The summed E-state index contributed by atoms with van der Waals surface area (Å²) in [4.78, 5) is 22.4. The minimum absolute atomic E-state index is 0.00708. The van der Waals surface area contributed by atoms with Gasteiger partial charge in [0.15, 0.2) is 0 Å². The fourth-order valence-electron chi connectivity index (χ4n) is 1.56. The molecule has 18 heavy (non-hydrogen) atoms. The van der Waals surface area contributed by atoms with Crippen LogP contribution in [-0.2, 0) is 6.54 Å². The first-order valence-corrected chi connectivity index (χ1v) is 5.62. The van der Waals surface area contributed by atoms with Crippen molar-refractivity contribution in [2.75, 3.05) is 0 Å². The van der Waals surface area contributed by atoms with Crippen molar-refractivity contribution in [2.45, 2.75) is 6.54 Å². The second kappa shape index (κ2) is 5.06. The maximum Gasteiger partial charge on any atom is 0.335 e.